The van der Waals surface area contributed by atoms with E-state index in [1.54, 1.807) is 0 Å². The lowest BCUT2D eigenvalue weighted by Gasteiger charge is -2.29. The van der Waals surface area contributed by atoms with Crippen LogP contribution in [0, 0.1) is 0 Å². The number of rotatable bonds is 14. The molecule has 0 aliphatic carbocycles. The molecule has 188 valence electrons. The van der Waals surface area contributed by atoms with Crippen molar-refractivity contribution < 1.29 is 0 Å². The molecular weight excluding hydrogens is 424 g/mol. The van der Waals surface area contributed by atoms with E-state index in [0.717, 1.165) is 51.9 Å². The predicted octanol–water partition coefficient (Wildman–Crippen LogP) is 8.11. The Kier molecular flexibility index (Phi) is 13.6. The van der Waals surface area contributed by atoms with Gasteiger partial charge in [0.05, 0.1) is 0 Å². The molecule has 0 spiro atoms. The van der Waals surface area contributed by atoms with E-state index in [1.807, 2.05) is 18.2 Å². The summed E-state index contributed by atoms with van der Waals surface area (Å²) < 4.78 is 0. The van der Waals surface area contributed by atoms with E-state index in [0.29, 0.717) is 0 Å². The fourth-order valence-electron chi connectivity index (χ4n) is 4.34. The van der Waals surface area contributed by atoms with Crippen LogP contribution in [0.3, 0.4) is 0 Å². The fraction of sp³-hybridized carbons (Fsp3) is 0.394. The van der Waals surface area contributed by atoms with Crippen LogP contribution in [0.4, 0.5) is 0 Å². The number of likely N-dealkylation sites (tertiary alicyclic amines) is 1. The molecule has 0 amide bonds. The van der Waals surface area contributed by atoms with Crippen molar-refractivity contribution in [2.75, 3.05) is 26.2 Å². The number of allylic oxidation sites excluding steroid dienone is 8. The van der Waals surface area contributed by atoms with Gasteiger partial charge in [0.1, 0.15) is 0 Å². The second-order valence-corrected chi connectivity index (χ2v) is 9.36. The van der Waals surface area contributed by atoms with Crippen molar-refractivity contribution in [1.82, 2.24) is 10.2 Å². The van der Waals surface area contributed by atoms with Crippen molar-refractivity contribution in [3.8, 4) is 0 Å². The molecule has 1 aromatic rings. The minimum Gasteiger partial charge on any atom is -0.385 e. The minimum absolute atomic E-state index is 0.976. The maximum atomic E-state index is 3.99. The maximum absolute atomic E-state index is 3.99. The quantitative estimate of drug-likeness (QED) is 0.218. The first-order valence-corrected chi connectivity index (χ1v) is 13.3. The van der Waals surface area contributed by atoms with Gasteiger partial charge in [0, 0.05) is 31.9 Å². The van der Waals surface area contributed by atoms with E-state index in [-0.39, 0.29) is 0 Å². The molecule has 35 heavy (non-hydrogen) atoms. The summed E-state index contributed by atoms with van der Waals surface area (Å²) in [5.41, 5.74) is 8.19. The molecule has 1 saturated heterocycles. The molecule has 0 aromatic heterocycles. The summed E-state index contributed by atoms with van der Waals surface area (Å²) in [6, 6.07) is 10.8. The summed E-state index contributed by atoms with van der Waals surface area (Å²) in [5.74, 6) is 0. The van der Waals surface area contributed by atoms with Crippen molar-refractivity contribution in [2.45, 2.75) is 59.3 Å². The topological polar surface area (TPSA) is 15.3 Å². The van der Waals surface area contributed by atoms with E-state index in [1.165, 1.54) is 46.4 Å². The Morgan fingerprint density at radius 1 is 1.03 bits per heavy atom. The Morgan fingerprint density at radius 2 is 1.77 bits per heavy atom. The Balaban J connectivity index is 2.03. The molecule has 1 fully saturated rings. The molecular formula is C33H46N2. The number of hydrogen-bond donors (Lipinski definition) is 1. The van der Waals surface area contributed by atoms with Gasteiger partial charge in [-0.1, -0.05) is 104 Å². The van der Waals surface area contributed by atoms with Gasteiger partial charge in [0.15, 0.2) is 0 Å². The molecule has 1 aliphatic heterocycles. The van der Waals surface area contributed by atoms with Crippen molar-refractivity contribution in [3.63, 3.8) is 0 Å². The molecule has 1 aliphatic rings. The lowest BCUT2D eigenvalue weighted by molar-refractivity contribution is 0.278. The van der Waals surface area contributed by atoms with Gasteiger partial charge in [0.2, 0.25) is 0 Å². The van der Waals surface area contributed by atoms with Crippen LogP contribution in [0.15, 0.2) is 114 Å². The Bertz CT molecular complexity index is 931. The van der Waals surface area contributed by atoms with E-state index < -0.39 is 0 Å². The van der Waals surface area contributed by atoms with Gasteiger partial charge in [0.25, 0.3) is 0 Å². The van der Waals surface area contributed by atoms with Gasteiger partial charge in [-0.3, -0.25) is 4.90 Å². The van der Waals surface area contributed by atoms with E-state index in [2.05, 4.69) is 98.8 Å². The van der Waals surface area contributed by atoms with Crippen LogP contribution < -0.4 is 5.32 Å². The van der Waals surface area contributed by atoms with Crippen molar-refractivity contribution in [1.29, 1.82) is 0 Å². The first-order chi connectivity index (χ1) is 17.1. The van der Waals surface area contributed by atoms with Gasteiger partial charge < -0.3 is 5.32 Å². The SMILES string of the molecule is C=C/C=C\C=C1CCN(CC(/C=C(/C)C=C)=C(C)\C(=C/CC)NCCCCc2ccccc2)CC1. The van der Waals surface area contributed by atoms with E-state index >= 15 is 0 Å². The monoisotopic (exact) mass is 470 g/mol. The average Bonchev–Trinajstić information content (AvgIpc) is 2.88. The van der Waals surface area contributed by atoms with E-state index in [9.17, 15) is 0 Å². The summed E-state index contributed by atoms with van der Waals surface area (Å²) in [5, 5.41) is 3.76. The number of unbranched alkanes of at least 4 members (excludes halogenated alkanes) is 1. The van der Waals surface area contributed by atoms with Gasteiger partial charge >= 0.3 is 0 Å². The Labute approximate surface area is 215 Å². The molecule has 0 saturated carbocycles. The summed E-state index contributed by atoms with van der Waals surface area (Å²) in [4.78, 5) is 2.59. The number of hydrogen-bond acceptors (Lipinski definition) is 2. The smallest absolute Gasteiger partial charge is 0.0332 e. The molecule has 2 rings (SSSR count). The number of nitrogens with zero attached hydrogens (tertiary/aromatic N) is 1. The van der Waals surface area contributed by atoms with Gasteiger partial charge in [-0.05, 0) is 69.1 Å². The molecule has 0 bridgehead atoms. The molecule has 1 N–H and O–H groups in total. The highest BCUT2D eigenvalue weighted by molar-refractivity contribution is 5.41. The molecule has 1 aromatic carbocycles. The molecule has 0 atom stereocenters. The lowest BCUT2D eigenvalue weighted by Crippen LogP contribution is -2.32. The third-order valence-electron chi connectivity index (χ3n) is 6.54. The van der Waals surface area contributed by atoms with Crippen molar-refractivity contribution >= 4 is 0 Å². The Hall–Kier alpha value is -2.84. The standard InChI is InChI=1S/C33H46N2/c1-6-9-11-17-31-21-24-35(25-22-31)27-32(26-28(4)8-3)29(5)33(16-7-2)34-23-15-14-20-30-18-12-10-13-19-30/h6,8-13,16-19,26,34H,1,3,7,14-15,20-25,27H2,2,4-5H3/b11-9-,28-26-,32-29-,33-16+. The summed E-state index contributed by atoms with van der Waals surface area (Å²) >= 11 is 0. The molecule has 0 unspecified atom stereocenters. The first kappa shape index (κ1) is 28.4. The normalized spacial score (nSPS) is 16.3. The van der Waals surface area contributed by atoms with Crippen LogP contribution in [0.1, 0.15) is 58.4 Å². The van der Waals surface area contributed by atoms with Crippen LogP contribution in [-0.2, 0) is 6.42 Å². The zero-order valence-electron chi connectivity index (χ0n) is 22.4. The molecule has 1 heterocycles. The highest BCUT2D eigenvalue weighted by Gasteiger charge is 2.16. The minimum atomic E-state index is 0.976. The summed E-state index contributed by atoms with van der Waals surface area (Å²) in [7, 11) is 0. The maximum Gasteiger partial charge on any atom is 0.0332 e. The van der Waals surface area contributed by atoms with Crippen molar-refractivity contribution in [3.05, 3.63) is 120 Å². The highest BCUT2D eigenvalue weighted by atomic mass is 15.1. The van der Waals surface area contributed by atoms with Crippen molar-refractivity contribution in [2.24, 2.45) is 0 Å². The molecule has 2 heteroatoms. The summed E-state index contributed by atoms with van der Waals surface area (Å²) in [6.45, 7) is 18.6. The van der Waals surface area contributed by atoms with E-state index in [4.69, 9.17) is 0 Å². The second-order valence-electron chi connectivity index (χ2n) is 9.36. The van der Waals surface area contributed by atoms with Crippen LogP contribution >= 0.6 is 0 Å². The zero-order chi connectivity index (χ0) is 25.3. The number of piperidine rings is 1. The lowest BCUT2D eigenvalue weighted by atomic mass is 9.99. The molecule has 2 nitrogen and oxygen atoms in total. The zero-order valence-corrected chi connectivity index (χ0v) is 22.4. The number of benzene rings is 1. The van der Waals surface area contributed by atoms with Crippen LogP contribution in [-0.4, -0.2) is 31.1 Å². The summed E-state index contributed by atoms with van der Waals surface area (Å²) in [6.07, 6.45) is 21.6. The number of nitrogens with one attached hydrogen (secondary N) is 1. The highest BCUT2D eigenvalue weighted by Crippen LogP contribution is 2.22. The third-order valence-corrected chi connectivity index (χ3v) is 6.54. The van der Waals surface area contributed by atoms with Crippen LogP contribution in [0.5, 0.6) is 0 Å². The Morgan fingerprint density at radius 3 is 2.43 bits per heavy atom. The van der Waals surface area contributed by atoms with Gasteiger partial charge in [-0.25, -0.2) is 0 Å². The van der Waals surface area contributed by atoms with Gasteiger partial charge in [-0.2, -0.15) is 0 Å². The predicted molar refractivity (Wildman–Crippen MR) is 156 cm³/mol. The average molecular weight is 471 g/mol. The largest absolute Gasteiger partial charge is 0.385 e. The second kappa shape index (κ2) is 16.7. The third kappa shape index (κ3) is 11.0. The molecule has 0 radical (unpaired) electrons. The first-order valence-electron chi connectivity index (χ1n) is 13.3. The van der Waals surface area contributed by atoms with Crippen LogP contribution in [0.2, 0.25) is 0 Å². The van der Waals surface area contributed by atoms with Crippen LogP contribution in [0.25, 0.3) is 0 Å². The fourth-order valence-corrected chi connectivity index (χ4v) is 4.34. The van der Waals surface area contributed by atoms with Gasteiger partial charge in [-0.15, -0.1) is 0 Å². The number of aryl methyl sites for hydroxylation is 1.